The third-order valence-corrected chi connectivity index (χ3v) is 4.51. The Hall–Kier alpha value is -0.580. The van der Waals surface area contributed by atoms with Crippen molar-refractivity contribution in [2.45, 2.75) is 51.2 Å². The molecule has 0 aromatic carbocycles. The molecule has 1 heterocycles. The van der Waals surface area contributed by atoms with Crippen LogP contribution in [0.4, 0.5) is 0 Å². The summed E-state index contributed by atoms with van der Waals surface area (Å²) in [5, 5.41) is 15.6. The highest BCUT2D eigenvalue weighted by Gasteiger charge is 2.27. The Morgan fingerprint density at radius 3 is 2.60 bits per heavy atom. The molecule has 20 heavy (non-hydrogen) atoms. The average Bonchev–Trinajstić information content (AvgIpc) is 2.64. The Morgan fingerprint density at radius 2 is 2.00 bits per heavy atom. The van der Waals surface area contributed by atoms with Crippen LogP contribution < -0.4 is 0 Å². The number of hydrogen-bond acceptors (Lipinski definition) is 3. The van der Waals surface area contributed by atoms with Crippen LogP contribution in [0.1, 0.15) is 50.3 Å². The summed E-state index contributed by atoms with van der Waals surface area (Å²) in [4.78, 5) is 2.11. The molecule has 1 unspecified atom stereocenters. The van der Waals surface area contributed by atoms with E-state index in [4.69, 9.17) is 11.6 Å². The summed E-state index contributed by atoms with van der Waals surface area (Å²) >= 11 is 6.26. The molecule has 1 fully saturated rings. The Balaban J connectivity index is 2.11. The number of rotatable bonds is 5. The van der Waals surface area contributed by atoms with Crippen LogP contribution >= 0.6 is 11.6 Å². The lowest BCUT2D eigenvalue weighted by Crippen LogP contribution is -2.23. The standard InChI is InChI=1S/C15H26ClN3O/c1-18(2)9-10-19-14(13(16)11-17-19)15(20)12-7-5-3-4-6-8-12/h11-12,15,20H,3-10H2,1-2H3. The second-order valence-electron chi connectivity index (χ2n) is 6.10. The highest BCUT2D eigenvalue weighted by molar-refractivity contribution is 6.31. The van der Waals surface area contributed by atoms with Gasteiger partial charge in [0, 0.05) is 6.54 Å². The Labute approximate surface area is 126 Å². The molecule has 0 saturated heterocycles. The number of aliphatic hydroxyl groups excluding tert-OH is 1. The maximum absolute atomic E-state index is 10.7. The Morgan fingerprint density at radius 1 is 1.35 bits per heavy atom. The molecule has 0 radical (unpaired) electrons. The first kappa shape index (κ1) is 15.8. The highest BCUT2D eigenvalue weighted by Crippen LogP contribution is 2.36. The number of likely N-dealkylation sites (N-methyl/N-ethyl adjacent to an activating group) is 1. The number of aliphatic hydroxyl groups is 1. The molecule has 1 aromatic rings. The molecular formula is C15H26ClN3O. The van der Waals surface area contributed by atoms with Gasteiger partial charge >= 0.3 is 0 Å². The molecule has 0 aliphatic heterocycles. The van der Waals surface area contributed by atoms with Gasteiger partial charge in [0.1, 0.15) is 0 Å². The van der Waals surface area contributed by atoms with Gasteiger partial charge in [-0.1, -0.05) is 37.3 Å². The van der Waals surface area contributed by atoms with Gasteiger partial charge in [0.25, 0.3) is 0 Å². The molecule has 1 atom stereocenters. The Kier molecular flexibility index (Phi) is 5.87. The zero-order valence-corrected chi connectivity index (χ0v) is 13.3. The topological polar surface area (TPSA) is 41.3 Å². The molecule has 1 saturated carbocycles. The van der Waals surface area contributed by atoms with Gasteiger partial charge in [0.2, 0.25) is 0 Å². The molecule has 1 aromatic heterocycles. The SMILES string of the molecule is CN(C)CCn1ncc(Cl)c1C(O)C1CCCCCC1. The van der Waals surface area contributed by atoms with Crippen LogP contribution in [0.3, 0.4) is 0 Å². The van der Waals surface area contributed by atoms with E-state index in [1.54, 1.807) is 6.20 Å². The van der Waals surface area contributed by atoms with Crippen molar-refractivity contribution in [3.63, 3.8) is 0 Å². The molecular weight excluding hydrogens is 274 g/mol. The lowest BCUT2D eigenvalue weighted by molar-refractivity contribution is 0.0894. The first-order valence-electron chi connectivity index (χ1n) is 7.63. The first-order valence-corrected chi connectivity index (χ1v) is 8.01. The summed E-state index contributed by atoms with van der Waals surface area (Å²) in [6, 6.07) is 0. The average molecular weight is 300 g/mol. The van der Waals surface area contributed by atoms with Gasteiger partial charge in [-0.25, -0.2) is 0 Å². The molecule has 1 aliphatic carbocycles. The minimum absolute atomic E-state index is 0.324. The fourth-order valence-electron chi connectivity index (χ4n) is 2.99. The fraction of sp³-hybridized carbons (Fsp3) is 0.800. The molecule has 2 rings (SSSR count). The smallest absolute Gasteiger partial charge is 0.0999 e. The lowest BCUT2D eigenvalue weighted by atomic mass is 9.92. The van der Waals surface area contributed by atoms with Crippen LogP contribution in [0.25, 0.3) is 0 Å². The number of nitrogens with zero attached hydrogens (tertiary/aromatic N) is 3. The second kappa shape index (κ2) is 7.43. The summed E-state index contributed by atoms with van der Waals surface area (Å²) in [6.45, 7) is 1.65. The summed E-state index contributed by atoms with van der Waals surface area (Å²) in [5.41, 5.74) is 0.806. The molecule has 1 aliphatic rings. The molecule has 114 valence electrons. The summed E-state index contributed by atoms with van der Waals surface area (Å²) in [6.07, 6.45) is 8.37. The van der Waals surface area contributed by atoms with E-state index < -0.39 is 6.10 Å². The normalized spacial score (nSPS) is 19.2. The predicted octanol–water partition coefficient (Wildman–Crippen LogP) is 3.10. The van der Waals surface area contributed by atoms with Gasteiger partial charge in [-0.3, -0.25) is 4.68 Å². The van der Waals surface area contributed by atoms with Crippen LogP contribution in [0.2, 0.25) is 5.02 Å². The fourth-order valence-corrected chi connectivity index (χ4v) is 3.24. The number of hydrogen-bond donors (Lipinski definition) is 1. The minimum Gasteiger partial charge on any atom is -0.386 e. The van der Waals surface area contributed by atoms with Crippen molar-refractivity contribution in [3.05, 3.63) is 16.9 Å². The van der Waals surface area contributed by atoms with E-state index in [9.17, 15) is 5.11 Å². The quantitative estimate of drug-likeness (QED) is 0.850. The van der Waals surface area contributed by atoms with Gasteiger partial charge in [-0.05, 0) is 32.9 Å². The highest BCUT2D eigenvalue weighted by atomic mass is 35.5. The second-order valence-corrected chi connectivity index (χ2v) is 6.51. The van der Waals surface area contributed by atoms with Crippen molar-refractivity contribution in [1.82, 2.24) is 14.7 Å². The Bertz CT molecular complexity index is 411. The predicted molar refractivity (Wildman–Crippen MR) is 81.9 cm³/mol. The van der Waals surface area contributed by atoms with E-state index >= 15 is 0 Å². The van der Waals surface area contributed by atoms with Crippen LogP contribution in [-0.2, 0) is 6.54 Å². The minimum atomic E-state index is -0.481. The summed E-state index contributed by atoms with van der Waals surface area (Å²) in [5.74, 6) is 0.324. The third-order valence-electron chi connectivity index (χ3n) is 4.22. The monoisotopic (exact) mass is 299 g/mol. The van der Waals surface area contributed by atoms with E-state index in [2.05, 4.69) is 10.00 Å². The molecule has 4 nitrogen and oxygen atoms in total. The van der Waals surface area contributed by atoms with Crippen LogP contribution in [0.15, 0.2) is 6.20 Å². The van der Waals surface area contributed by atoms with Crippen LogP contribution in [0, 0.1) is 5.92 Å². The van der Waals surface area contributed by atoms with E-state index in [0.717, 1.165) is 31.6 Å². The molecule has 1 N–H and O–H groups in total. The van der Waals surface area contributed by atoms with Crippen molar-refractivity contribution in [2.75, 3.05) is 20.6 Å². The molecule has 0 spiro atoms. The van der Waals surface area contributed by atoms with Crippen molar-refractivity contribution < 1.29 is 5.11 Å². The maximum atomic E-state index is 10.7. The van der Waals surface area contributed by atoms with E-state index in [1.165, 1.54) is 25.7 Å². The van der Waals surface area contributed by atoms with Gasteiger partial charge < -0.3 is 10.0 Å². The lowest BCUT2D eigenvalue weighted by Gasteiger charge is -2.23. The van der Waals surface area contributed by atoms with E-state index in [0.29, 0.717) is 10.9 Å². The number of aromatic nitrogens is 2. The summed E-state index contributed by atoms with van der Waals surface area (Å²) in [7, 11) is 4.07. The molecule has 5 heteroatoms. The van der Waals surface area contributed by atoms with Crippen molar-refractivity contribution in [1.29, 1.82) is 0 Å². The number of halogens is 1. The summed E-state index contributed by atoms with van der Waals surface area (Å²) < 4.78 is 1.87. The van der Waals surface area contributed by atoms with E-state index in [1.807, 2.05) is 18.8 Å². The van der Waals surface area contributed by atoms with Crippen LogP contribution in [0.5, 0.6) is 0 Å². The zero-order chi connectivity index (χ0) is 14.5. The van der Waals surface area contributed by atoms with Gasteiger partial charge in [-0.2, -0.15) is 5.10 Å². The third kappa shape index (κ3) is 3.96. The largest absolute Gasteiger partial charge is 0.386 e. The molecule has 0 amide bonds. The van der Waals surface area contributed by atoms with Crippen molar-refractivity contribution in [3.8, 4) is 0 Å². The van der Waals surface area contributed by atoms with Crippen LogP contribution in [-0.4, -0.2) is 40.4 Å². The van der Waals surface area contributed by atoms with Gasteiger partial charge in [0.05, 0.1) is 29.6 Å². The maximum Gasteiger partial charge on any atom is 0.0999 e. The van der Waals surface area contributed by atoms with Crippen molar-refractivity contribution >= 4 is 11.6 Å². The van der Waals surface area contributed by atoms with Crippen molar-refractivity contribution in [2.24, 2.45) is 5.92 Å². The van der Waals surface area contributed by atoms with Gasteiger partial charge in [-0.15, -0.1) is 0 Å². The van der Waals surface area contributed by atoms with Gasteiger partial charge in [0.15, 0.2) is 0 Å². The molecule has 0 bridgehead atoms. The first-order chi connectivity index (χ1) is 9.59. The van der Waals surface area contributed by atoms with E-state index in [-0.39, 0.29) is 0 Å². The zero-order valence-electron chi connectivity index (χ0n) is 12.6.